The van der Waals surface area contributed by atoms with Crippen molar-refractivity contribution in [3.05, 3.63) is 35.1 Å². The van der Waals surface area contributed by atoms with Crippen molar-refractivity contribution in [1.82, 2.24) is 5.32 Å². The third-order valence-corrected chi connectivity index (χ3v) is 2.97. The zero-order chi connectivity index (χ0) is 12.2. The smallest absolute Gasteiger partial charge is 0.123 e. The van der Waals surface area contributed by atoms with Gasteiger partial charge < -0.3 is 5.32 Å². The predicted molar refractivity (Wildman–Crippen MR) is 67.4 cm³/mol. The van der Waals surface area contributed by atoms with Gasteiger partial charge in [0.15, 0.2) is 0 Å². The molecule has 0 heterocycles. The summed E-state index contributed by atoms with van der Waals surface area (Å²) in [5.41, 5.74) is 2.13. The van der Waals surface area contributed by atoms with E-state index in [2.05, 4.69) is 19.2 Å². The molecule has 1 aromatic rings. The normalized spacial score (nSPS) is 11.8. The molecule has 0 bridgehead atoms. The molecule has 0 radical (unpaired) electrons. The van der Waals surface area contributed by atoms with Crippen molar-refractivity contribution < 1.29 is 4.39 Å². The molecule has 0 unspecified atom stereocenters. The van der Waals surface area contributed by atoms with Crippen LogP contribution in [0.25, 0.3) is 0 Å². The van der Waals surface area contributed by atoms with Gasteiger partial charge >= 0.3 is 0 Å². The molecule has 1 rings (SSSR count). The van der Waals surface area contributed by atoms with E-state index >= 15 is 0 Å². The topological polar surface area (TPSA) is 12.0 Å². The Morgan fingerprint density at radius 1 is 1.38 bits per heavy atom. The van der Waals surface area contributed by atoms with Crippen molar-refractivity contribution in [3.8, 4) is 0 Å². The summed E-state index contributed by atoms with van der Waals surface area (Å²) in [7, 11) is 0. The molecule has 0 saturated heterocycles. The third-order valence-electron chi connectivity index (χ3n) is 2.78. The van der Waals surface area contributed by atoms with Crippen molar-refractivity contribution in [2.45, 2.75) is 39.3 Å². The van der Waals surface area contributed by atoms with E-state index in [1.807, 2.05) is 13.0 Å². The van der Waals surface area contributed by atoms with Gasteiger partial charge in [-0.25, -0.2) is 4.39 Å². The molecule has 0 aliphatic rings. The molecular weight excluding hydrogens is 225 g/mol. The average Bonchev–Trinajstić information content (AvgIpc) is 2.16. The molecule has 1 nitrogen and oxygen atoms in total. The molecule has 0 aliphatic carbocycles. The standard InChI is InChI=1S/C13H19ClFN/c1-10-8-12(15)5-4-11(10)9-16-13(2,3)6-7-14/h4-5,8,16H,6-7,9H2,1-3H3. The highest BCUT2D eigenvalue weighted by Crippen LogP contribution is 2.14. The van der Waals surface area contributed by atoms with Gasteiger partial charge in [-0.3, -0.25) is 0 Å². The SMILES string of the molecule is Cc1cc(F)ccc1CNC(C)(C)CCCl. The van der Waals surface area contributed by atoms with Gasteiger partial charge in [-0.2, -0.15) is 0 Å². The summed E-state index contributed by atoms with van der Waals surface area (Å²) in [4.78, 5) is 0. The second-order valence-electron chi connectivity index (χ2n) is 4.75. The van der Waals surface area contributed by atoms with E-state index in [1.165, 1.54) is 6.07 Å². The maximum atomic E-state index is 12.9. The number of aryl methyl sites for hydroxylation is 1. The molecule has 0 spiro atoms. The van der Waals surface area contributed by atoms with Crippen molar-refractivity contribution >= 4 is 11.6 Å². The fourth-order valence-electron chi connectivity index (χ4n) is 1.52. The minimum Gasteiger partial charge on any atom is -0.308 e. The summed E-state index contributed by atoms with van der Waals surface area (Å²) >= 11 is 5.73. The Balaban J connectivity index is 2.61. The summed E-state index contributed by atoms with van der Waals surface area (Å²) in [6, 6.07) is 4.89. The van der Waals surface area contributed by atoms with Crippen LogP contribution in [0.4, 0.5) is 4.39 Å². The van der Waals surface area contributed by atoms with Crippen LogP contribution in [0.1, 0.15) is 31.4 Å². The van der Waals surface area contributed by atoms with Gasteiger partial charge in [0.1, 0.15) is 5.82 Å². The maximum absolute atomic E-state index is 12.9. The van der Waals surface area contributed by atoms with Gasteiger partial charge in [0.05, 0.1) is 0 Å². The largest absolute Gasteiger partial charge is 0.308 e. The Morgan fingerprint density at radius 2 is 2.06 bits per heavy atom. The highest BCUT2D eigenvalue weighted by molar-refractivity contribution is 6.17. The number of benzene rings is 1. The fourth-order valence-corrected chi connectivity index (χ4v) is 1.99. The van der Waals surface area contributed by atoms with E-state index in [9.17, 15) is 4.39 Å². The first-order valence-electron chi connectivity index (χ1n) is 5.50. The Morgan fingerprint density at radius 3 is 2.62 bits per heavy atom. The van der Waals surface area contributed by atoms with Crippen LogP contribution in [0, 0.1) is 12.7 Å². The molecule has 0 aliphatic heterocycles. The van der Waals surface area contributed by atoms with Crippen LogP contribution in [0.2, 0.25) is 0 Å². The lowest BCUT2D eigenvalue weighted by Crippen LogP contribution is -2.39. The quantitative estimate of drug-likeness (QED) is 0.779. The first kappa shape index (κ1) is 13.5. The number of hydrogen-bond donors (Lipinski definition) is 1. The van der Waals surface area contributed by atoms with Crippen LogP contribution < -0.4 is 5.32 Å². The van der Waals surface area contributed by atoms with Crippen molar-refractivity contribution in [2.24, 2.45) is 0 Å². The number of rotatable bonds is 5. The number of alkyl halides is 1. The van der Waals surface area contributed by atoms with E-state index in [-0.39, 0.29) is 11.4 Å². The first-order valence-corrected chi connectivity index (χ1v) is 6.04. The second-order valence-corrected chi connectivity index (χ2v) is 5.13. The van der Waals surface area contributed by atoms with Gasteiger partial charge in [0.2, 0.25) is 0 Å². The van der Waals surface area contributed by atoms with E-state index in [4.69, 9.17) is 11.6 Å². The molecule has 3 heteroatoms. The molecule has 0 aromatic heterocycles. The summed E-state index contributed by atoms with van der Waals surface area (Å²) < 4.78 is 12.9. The lowest BCUT2D eigenvalue weighted by Gasteiger charge is -2.26. The summed E-state index contributed by atoms with van der Waals surface area (Å²) in [5.74, 6) is 0.462. The molecule has 0 amide bonds. The lowest BCUT2D eigenvalue weighted by atomic mass is 10.0. The minimum atomic E-state index is -0.179. The molecule has 1 aromatic carbocycles. The minimum absolute atomic E-state index is 0.0164. The molecule has 0 saturated carbocycles. The second kappa shape index (κ2) is 5.65. The molecule has 90 valence electrons. The monoisotopic (exact) mass is 243 g/mol. The summed E-state index contributed by atoms with van der Waals surface area (Å²) in [6.07, 6.45) is 0.912. The average molecular weight is 244 g/mol. The van der Waals surface area contributed by atoms with E-state index in [0.717, 1.165) is 24.1 Å². The van der Waals surface area contributed by atoms with Crippen LogP contribution in [0.3, 0.4) is 0 Å². The molecule has 0 fully saturated rings. The first-order chi connectivity index (χ1) is 7.44. The maximum Gasteiger partial charge on any atom is 0.123 e. The molecule has 16 heavy (non-hydrogen) atoms. The molecule has 1 N–H and O–H groups in total. The summed E-state index contributed by atoms with van der Waals surface area (Å²) in [5, 5.41) is 3.43. The van der Waals surface area contributed by atoms with Gasteiger partial charge in [-0.05, 0) is 50.5 Å². The van der Waals surface area contributed by atoms with Crippen molar-refractivity contribution in [1.29, 1.82) is 0 Å². The van der Waals surface area contributed by atoms with Crippen molar-refractivity contribution in [2.75, 3.05) is 5.88 Å². The highest BCUT2D eigenvalue weighted by Gasteiger charge is 2.15. The Kier molecular flexibility index (Phi) is 4.75. The Labute approximate surface area is 102 Å². The fraction of sp³-hybridized carbons (Fsp3) is 0.538. The van der Waals surface area contributed by atoms with Gasteiger partial charge in [0, 0.05) is 18.0 Å². The lowest BCUT2D eigenvalue weighted by molar-refractivity contribution is 0.376. The third kappa shape index (κ3) is 4.11. The van der Waals surface area contributed by atoms with E-state index in [1.54, 1.807) is 6.07 Å². The number of hydrogen-bond acceptors (Lipinski definition) is 1. The van der Waals surface area contributed by atoms with Crippen molar-refractivity contribution in [3.63, 3.8) is 0 Å². The van der Waals surface area contributed by atoms with Crippen LogP contribution in [-0.4, -0.2) is 11.4 Å². The highest BCUT2D eigenvalue weighted by atomic mass is 35.5. The zero-order valence-electron chi connectivity index (χ0n) is 10.1. The van der Waals surface area contributed by atoms with Gasteiger partial charge in [0.25, 0.3) is 0 Å². The van der Waals surface area contributed by atoms with Gasteiger partial charge in [-0.1, -0.05) is 6.07 Å². The van der Waals surface area contributed by atoms with Crippen LogP contribution in [-0.2, 0) is 6.54 Å². The summed E-state index contributed by atoms with van der Waals surface area (Å²) in [6.45, 7) is 6.91. The molecule has 0 atom stereocenters. The Hall–Kier alpha value is -0.600. The predicted octanol–water partition coefficient (Wildman–Crippen LogP) is 3.63. The van der Waals surface area contributed by atoms with Crippen LogP contribution >= 0.6 is 11.6 Å². The molecular formula is C13H19ClFN. The Bertz CT molecular complexity index is 350. The van der Waals surface area contributed by atoms with Crippen LogP contribution in [0.5, 0.6) is 0 Å². The van der Waals surface area contributed by atoms with E-state index in [0.29, 0.717) is 5.88 Å². The van der Waals surface area contributed by atoms with Crippen LogP contribution in [0.15, 0.2) is 18.2 Å². The number of halogens is 2. The zero-order valence-corrected chi connectivity index (χ0v) is 10.9. The van der Waals surface area contributed by atoms with Gasteiger partial charge in [-0.15, -0.1) is 11.6 Å². The van der Waals surface area contributed by atoms with E-state index < -0.39 is 0 Å². The number of nitrogens with one attached hydrogen (secondary N) is 1.